The summed E-state index contributed by atoms with van der Waals surface area (Å²) in [4.78, 5) is 14.2. The van der Waals surface area contributed by atoms with Crippen LogP contribution in [0.4, 0.5) is 0 Å². The first-order valence-electron chi connectivity index (χ1n) is 6.78. The number of carbonyl (C=O) groups is 1. The van der Waals surface area contributed by atoms with Gasteiger partial charge in [0.2, 0.25) is 5.91 Å². The minimum Gasteiger partial charge on any atom is -0.352 e. The molecule has 100 valence electrons. The highest BCUT2D eigenvalue weighted by molar-refractivity contribution is 5.81. The van der Waals surface area contributed by atoms with Crippen LogP contribution in [0.1, 0.15) is 40.0 Å². The van der Waals surface area contributed by atoms with Crippen molar-refractivity contribution in [2.45, 2.75) is 58.2 Å². The molecule has 1 aliphatic rings. The molecule has 0 spiro atoms. The van der Waals surface area contributed by atoms with Crippen molar-refractivity contribution in [3.05, 3.63) is 0 Å². The Kier molecular flexibility index (Phi) is 5.92. The molecule has 1 fully saturated rings. The van der Waals surface area contributed by atoms with Crippen LogP contribution >= 0.6 is 0 Å². The molecule has 0 bridgehead atoms. The maximum atomic E-state index is 11.9. The smallest absolute Gasteiger partial charge is 0.237 e. The van der Waals surface area contributed by atoms with E-state index < -0.39 is 0 Å². The number of likely N-dealkylation sites (tertiary alicyclic amines) is 1. The summed E-state index contributed by atoms with van der Waals surface area (Å²) in [5, 5.41) is 6.45. The van der Waals surface area contributed by atoms with Gasteiger partial charge in [-0.2, -0.15) is 0 Å². The fourth-order valence-corrected chi connectivity index (χ4v) is 2.37. The van der Waals surface area contributed by atoms with Gasteiger partial charge in [0.1, 0.15) is 0 Å². The van der Waals surface area contributed by atoms with Gasteiger partial charge in [-0.1, -0.05) is 13.3 Å². The molecule has 3 unspecified atom stereocenters. The quantitative estimate of drug-likeness (QED) is 0.728. The van der Waals surface area contributed by atoms with Gasteiger partial charge >= 0.3 is 0 Å². The third-order valence-electron chi connectivity index (χ3n) is 3.38. The highest BCUT2D eigenvalue weighted by Gasteiger charge is 2.23. The van der Waals surface area contributed by atoms with E-state index in [0.717, 1.165) is 32.4 Å². The number of rotatable bonds is 6. The molecular formula is C13H27N3O. The van der Waals surface area contributed by atoms with E-state index in [-0.39, 0.29) is 18.0 Å². The van der Waals surface area contributed by atoms with Gasteiger partial charge in [-0.3, -0.25) is 4.79 Å². The average molecular weight is 241 g/mol. The number of nitrogens with zero attached hydrogens (tertiary/aromatic N) is 1. The molecule has 4 nitrogen and oxygen atoms in total. The van der Waals surface area contributed by atoms with Crippen LogP contribution in [0.3, 0.4) is 0 Å². The lowest BCUT2D eigenvalue weighted by Crippen LogP contribution is -2.49. The molecule has 0 aliphatic carbocycles. The molecule has 0 aromatic rings. The number of likely N-dealkylation sites (N-methyl/N-ethyl adjacent to an activating group) is 1. The summed E-state index contributed by atoms with van der Waals surface area (Å²) < 4.78 is 0. The van der Waals surface area contributed by atoms with Gasteiger partial charge in [-0.15, -0.1) is 0 Å². The Morgan fingerprint density at radius 3 is 2.71 bits per heavy atom. The van der Waals surface area contributed by atoms with E-state index in [0.29, 0.717) is 6.04 Å². The van der Waals surface area contributed by atoms with Crippen molar-refractivity contribution in [3.8, 4) is 0 Å². The Bertz CT molecular complexity index is 245. The molecule has 4 heteroatoms. The monoisotopic (exact) mass is 241 g/mol. The summed E-state index contributed by atoms with van der Waals surface area (Å²) in [5.41, 5.74) is 0. The summed E-state index contributed by atoms with van der Waals surface area (Å²) in [6, 6.07) is 0.649. The second kappa shape index (κ2) is 6.97. The van der Waals surface area contributed by atoms with E-state index >= 15 is 0 Å². The zero-order valence-electron chi connectivity index (χ0n) is 11.6. The first-order chi connectivity index (χ1) is 8.02. The molecular weight excluding hydrogens is 214 g/mol. The van der Waals surface area contributed by atoms with Crippen molar-refractivity contribution in [2.24, 2.45) is 0 Å². The highest BCUT2D eigenvalue weighted by atomic mass is 16.2. The lowest BCUT2D eigenvalue weighted by atomic mass is 10.1. The van der Waals surface area contributed by atoms with Crippen molar-refractivity contribution >= 4 is 5.91 Å². The zero-order valence-corrected chi connectivity index (χ0v) is 11.6. The number of amides is 1. The van der Waals surface area contributed by atoms with Crippen LogP contribution in [0.5, 0.6) is 0 Å². The Morgan fingerprint density at radius 2 is 2.18 bits per heavy atom. The molecule has 2 N–H and O–H groups in total. The molecule has 17 heavy (non-hydrogen) atoms. The normalized spacial score (nSPS) is 24.6. The first kappa shape index (κ1) is 14.5. The fraction of sp³-hybridized carbons (Fsp3) is 0.923. The van der Waals surface area contributed by atoms with Gasteiger partial charge in [0.25, 0.3) is 0 Å². The van der Waals surface area contributed by atoms with Gasteiger partial charge in [0.15, 0.2) is 0 Å². The number of hydrogen-bond acceptors (Lipinski definition) is 3. The van der Waals surface area contributed by atoms with Crippen LogP contribution in [-0.2, 0) is 4.79 Å². The average Bonchev–Trinajstić information content (AvgIpc) is 2.64. The molecule has 1 saturated heterocycles. The molecule has 1 aliphatic heterocycles. The molecule has 0 aromatic carbocycles. The second-order valence-electron chi connectivity index (χ2n) is 5.33. The summed E-state index contributed by atoms with van der Waals surface area (Å²) in [6.07, 6.45) is 3.29. The minimum absolute atomic E-state index is 0.0918. The molecule has 0 saturated carbocycles. The van der Waals surface area contributed by atoms with Gasteiger partial charge in [-0.25, -0.2) is 0 Å². The van der Waals surface area contributed by atoms with Crippen LogP contribution in [-0.4, -0.2) is 49.1 Å². The summed E-state index contributed by atoms with van der Waals surface area (Å²) in [6.45, 7) is 8.32. The van der Waals surface area contributed by atoms with Crippen molar-refractivity contribution < 1.29 is 4.79 Å². The third kappa shape index (κ3) is 5.04. The Labute approximate surface area is 105 Å². The van der Waals surface area contributed by atoms with Gasteiger partial charge < -0.3 is 15.5 Å². The summed E-state index contributed by atoms with van der Waals surface area (Å²) >= 11 is 0. The van der Waals surface area contributed by atoms with Gasteiger partial charge in [0.05, 0.1) is 6.04 Å². The van der Waals surface area contributed by atoms with Gasteiger partial charge in [-0.05, 0) is 40.3 Å². The number of nitrogens with one attached hydrogen (secondary N) is 2. The Balaban J connectivity index is 2.26. The first-order valence-corrected chi connectivity index (χ1v) is 6.78. The minimum atomic E-state index is -0.0918. The van der Waals surface area contributed by atoms with Crippen LogP contribution in [0.15, 0.2) is 0 Å². The van der Waals surface area contributed by atoms with Crippen molar-refractivity contribution in [1.29, 1.82) is 0 Å². The maximum Gasteiger partial charge on any atom is 0.237 e. The van der Waals surface area contributed by atoms with Gasteiger partial charge in [0, 0.05) is 18.6 Å². The Hall–Kier alpha value is -0.610. The predicted molar refractivity (Wildman–Crippen MR) is 71.0 cm³/mol. The van der Waals surface area contributed by atoms with Crippen LogP contribution < -0.4 is 10.6 Å². The zero-order chi connectivity index (χ0) is 12.8. The number of hydrogen-bond donors (Lipinski definition) is 2. The second-order valence-corrected chi connectivity index (χ2v) is 5.33. The van der Waals surface area contributed by atoms with E-state index in [9.17, 15) is 4.79 Å². The SMILES string of the molecule is CCCC(C)NC(=O)C(C)NC1CCN(C)C1. The number of carbonyl (C=O) groups excluding carboxylic acids is 1. The lowest BCUT2D eigenvalue weighted by molar-refractivity contribution is -0.123. The largest absolute Gasteiger partial charge is 0.352 e. The van der Waals surface area contributed by atoms with E-state index in [1.54, 1.807) is 0 Å². The fourth-order valence-electron chi connectivity index (χ4n) is 2.37. The van der Waals surface area contributed by atoms with E-state index in [4.69, 9.17) is 0 Å². The Morgan fingerprint density at radius 1 is 1.47 bits per heavy atom. The predicted octanol–water partition coefficient (Wildman–Crippen LogP) is 0.973. The standard InChI is InChI=1S/C13H27N3O/c1-5-6-10(2)14-13(17)11(3)15-12-7-8-16(4)9-12/h10-12,15H,5-9H2,1-4H3,(H,14,17). The highest BCUT2D eigenvalue weighted by Crippen LogP contribution is 2.07. The topological polar surface area (TPSA) is 44.4 Å². The van der Waals surface area contributed by atoms with E-state index in [2.05, 4.69) is 36.4 Å². The maximum absolute atomic E-state index is 11.9. The third-order valence-corrected chi connectivity index (χ3v) is 3.38. The van der Waals surface area contributed by atoms with Crippen molar-refractivity contribution in [2.75, 3.05) is 20.1 Å². The molecule has 1 amide bonds. The summed E-state index contributed by atoms with van der Waals surface area (Å²) in [5.74, 6) is 0.125. The van der Waals surface area contributed by atoms with Crippen LogP contribution in [0, 0.1) is 0 Å². The van der Waals surface area contributed by atoms with E-state index in [1.807, 2.05) is 6.92 Å². The lowest BCUT2D eigenvalue weighted by Gasteiger charge is -2.21. The molecule has 1 rings (SSSR count). The van der Waals surface area contributed by atoms with E-state index in [1.165, 1.54) is 0 Å². The van der Waals surface area contributed by atoms with Crippen molar-refractivity contribution in [3.63, 3.8) is 0 Å². The van der Waals surface area contributed by atoms with Crippen molar-refractivity contribution in [1.82, 2.24) is 15.5 Å². The molecule has 3 atom stereocenters. The molecule has 0 aromatic heterocycles. The molecule has 0 radical (unpaired) electrons. The van der Waals surface area contributed by atoms with Crippen LogP contribution in [0.25, 0.3) is 0 Å². The van der Waals surface area contributed by atoms with Crippen LogP contribution in [0.2, 0.25) is 0 Å². The molecule has 1 heterocycles. The summed E-state index contributed by atoms with van der Waals surface area (Å²) in [7, 11) is 2.12.